The van der Waals surface area contributed by atoms with Crippen molar-refractivity contribution in [2.45, 2.75) is 25.6 Å². The van der Waals surface area contributed by atoms with Gasteiger partial charge in [-0.3, -0.25) is 14.6 Å². The van der Waals surface area contributed by atoms with Crippen LogP contribution in [0, 0.1) is 0 Å². The van der Waals surface area contributed by atoms with Crippen molar-refractivity contribution < 1.29 is 19.1 Å². The molecule has 2 aromatic rings. The second kappa shape index (κ2) is 11.3. The number of halogens is 1. The number of piperazine rings is 1. The fraction of sp³-hybridized carbons (Fsp3) is 0.417. The van der Waals surface area contributed by atoms with Crippen molar-refractivity contribution in [1.29, 1.82) is 0 Å². The van der Waals surface area contributed by atoms with Crippen LogP contribution < -0.4 is 10.1 Å². The van der Waals surface area contributed by atoms with Crippen LogP contribution in [0.15, 0.2) is 48.5 Å². The van der Waals surface area contributed by atoms with E-state index in [9.17, 15) is 9.59 Å². The molecule has 1 heterocycles. The number of carbonyl (C=O) groups is 2. The fourth-order valence-corrected chi connectivity index (χ4v) is 4.25. The number of amides is 1. The van der Waals surface area contributed by atoms with Gasteiger partial charge in [-0.1, -0.05) is 48.0 Å². The fourth-order valence-electron chi connectivity index (χ4n) is 4.01. The predicted molar refractivity (Wildman–Crippen MR) is 124 cm³/mol. The lowest BCUT2D eigenvalue weighted by atomic mass is 10.0. The lowest BCUT2D eigenvalue weighted by Crippen LogP contribution is -2.55. The highest BCUT2D eigenvalue weighted by Gasteiger charge is 2.34. The average Bonchev–Trinajstić information content (AvgIpc) is 2.83. The summed E-state index contributed by atoms with van der Waals surface area (Å²) in [5.41, 5.74) is 1.66. The van der Waals surface area contributed by atoms with Gasteiger partial charge in [0, 0.05) is 43.3 Å². The van der Waals surface area contributed by atoms with E-state index in [1.807, 2.05) is 49.4 Å². The third-order valence-corrected chi connectivity index (χ3v) is 6.26. The Labute approximate surface area is 194 Å². The molecule has 172 valence electrons. The molecule has 0 saturated carbocycles. The number of nitrogens with zero attached hydrogens (tertiary/aromatic N) is 2. The third-order valence-electron chi connectivity index (χ3n) is 5.91. The summed E-state index contributed by atoms with van der Waals surface area (Å²) in [6, 6.07) is 14.1. The number of methoxy groups -OCH3 is 2. The van der Waals surface area contributed by atoms with Gasteiger partial charge in [0.25, 0.3) is 0 Å². The van der Waals surface area contributed by atoms with E-state index in [0.29, 0.717) is 37.7 Å². The van der Waals surface area contributed by atoms with Gasteiger partial charge in [-0.25, -0.2) is 4.79 Å². The molecule has 0 radical (unpaired) electrons. The molecule has 0 bridgehead atoms. The number of hydrogen-bond donors (Lipinski definition) is 1. The van der Waals surface area contributed by atoms with E-state index >= 15 is 0 Å². The third kappa shape index (κ3) is 5.59. The van der Waals surface area contributed by atoms with Crippen molar-refractivity contribution in [3.63, 3.8) is 0 Å². The molecule has 8 heteroatoms. The first-order chi connectivity index (χ1) is 15.5. The van der Waals surface area contributed by atoms with E-state index in [2.05, 4.69) is 15.1 Å². The second-order valence-electron chi connectivity index (χ2n) is 7.72. The standard InChI is InChI=1S/C24H30ClN3O4/c1-17(23(29)26-16-18-8-4-7-11-21(18)31-2)27-12-14-28(15-13-27)22(24(30)32-3)19-9-5-6-10-20(19)25/h4-11,17,22H,12-16H2,1-3H3,(H,26,29). The topological polar surface area (TPSA) is 71.1 Å². The normalized spacial score (nSPS) is 16.8. The smallest absolute Gasteiger partial charge is 0.327 e. The predicted octanol–water partition coefficient (Wildman–Crippen LogP) is 2.89. The summed E-state index contributed by atoms with van der Waals surface area (Å²) in [5, 5.41) is 3.54. The quantitative estimate of drug-likeness (QED) is 0.612. The highest BCUT2D eigenvalue weighted by molar-refractivity contribution is 6.31. The maximum Gasteiger partial charge on any atom is 0.327 e. The van der Waals surface area contributed by atoms with Crippen molar-refractivity contribution >= 4 is 23.5 Å². The van der Waals surface area contributed by atoms with Crippen LogP contribution in [-0.4, -0.2) is 68.1 Å². The minimum absolute atomic E-state index is 0.0417. The molecule has 7 nitrogen and oxygen atoms in total. The number of esters is 1. The molecule has 1 saturated heterocycles. The van der Waals surface area contributed by atoms with Crippen LogP contribution in [0.25, 0.3) is 0 Å². The minimum atomic E-state index is -0.564. The van der Waals surface area contributed by atoms with Crippen LogP contribution in [0.4, 0.5) is 0 Å². The van der Waals surface area contributed by atoms with Gasteiger partial charge in [-0.15, -0.1) is 0 Å². The zero-order valence-electron chi connectivity index (χ0n) is 18.7. The monoisotopic (exact) mass is 459 g/mol. The number of ether oxygens (including phenoxy) is 2. The van der Waals surface area contributed by atoms with Gasteiger partial charge < -0.3 is 14.8 Å². The molecular formula is C24H30ClN3O4. The Morgan fingerprint density at radius 3 is 2.28 bits per heavy atom. The zero-order chi connectivity index (χ0) is 23.1. The lowest BCUT2D eigenvalue weighted by Gasteiger charge is -2.40. The SMILES string of the molecule is COC(=O)C(c1ccccc1Cl)N1CCN(C(C)C(=O)NCc2ccccc2OC)CC1. The molecule has 1 aliphatic heterocycles. The summed E-state index contributed by atoms with van der Waals surface area (Å²) < 4.78 is 10.4. The molecule has 2 atom stereocenters. The van der Waals surface area contributed by atoms with Crippen molar-refractivity contribution in [2.24, 2.45) is 0 Å². The van der Waals surface area contributed by atoms with Crippen molar-refractivity contribution in [1.82, 2.24) is 15.1 Å². The maximum atomic E-state index is 12.8. The van der Waals surface area contributed by atoms with Gasteiger partial charge in [0.15, 0.2) is 0 Å². The molecule has 0 aromatic heterocycles. The van der Waals surface area contributed by atoms with Gasteiger partial charge in [-0.05, 0) is 24.6 Å². The summed E-state index contributed by atoms with van der Waals surface area (Å²) >= 11 is 6.36. The lowest BCUT2D eigenvalue weighted by molar-refractivity contribution is -0.148. The van der Waals surface area contributed by atoms with E-state index in [4.69, 9.17) is 21.1 Å². The van der Waals surface area contributed by atoms with Crippen molar-refractivity contribution in [3.8, 4) is 5.75 Å². The minimum Gasteiger partial charge on any atom is -0.496 e. The Hall–Kier alpha value is -2.61. The number of carbonyl (C=O) groups excluding carboxylic acids is 2. The largest absolute Gasteiger partial charge is 0.496 e. The first-order valence-electron chi connectivity index (χ1n) is 10.7. The van der Waals surface area contributed by atoms with Crippen molar-refractivity contribution in [2.75, 3.05) is 40.4 Å². The van der Waals surface area contributed by atoms with Crippen LogP contribution >= 0.6 is 11.6 Å². The van der Waals surface area contributed by atoms with Crippen LogP contribution in [-0.2, 0) is 20.9 Å². The van der Waals surface area contributed by atoms with E-state index < -0.39 is 6.04 Å². The van der Waals surface area contributed by atoms with Gasteiger partial charge in [-0.2, -0.15) is 0 Å². The van der Waals surface area contributed by atoms with Crippen LogP contribution in [0.5, 0.6) is 5.75 Å². The first kappa shape index (κ1) is 24.0. The van der Waals surface area contributed by atoms with Gasteiger partial charge >= 0.3 is 5.97 Å². The second-order valence-corrected chi connectivity index (χ2v) is 8.13. The first-order valence-corrected chi connectivity index (χ1v) is 11.0. The molecule has 2 unspecified atom stereocenters. The number of hydrogen-bond acceptors (Lipinski definition) is 6. The summed E-state index contributed by atoms with van der Waals surface area (Å²) in [5.74, 6) is 0.372. The van der Waals surface area contributed by atoms with Gasteiger partial charge in [0.1, 0.15) is 11.8 Å². The van der Waals surface area contributed by atoms with Gasteiger partial charge in [0.2, 0.25) is 5.91 Å². The summed E-state index contributed by atoms with van der Waals surface area (Å²) in [4.78, 5) is 29.5. The maximum absolute atomic E-state index is 12.8. The van der Waals surface area contributed by atoms with Crippen molar-refractivity contribution in [3.05, 3.63) is 64.7 Å². The molecule has 3 rings (SSSR count). The number of para-hydroxylation sites is 1. The van der Waals surface area contributed by atoms with Crippen LogP contribution in [0.1, 0.15) is 24.1 Å². The van der Waals surface area contributed by atoms with Crippen LogP contribution in [0.2, 0.25) is 5.02 Å². The highest BCUT2D eigenvalue weighted by Crippen LogP contribution is 2.29. The molecule has 1 fully saturated rings. The Morgan fingerprint density at radius 2 is 1.62 bits per heavy atom. The molecule has 2 aromatic carbocycles. The van der Waals surface area contributed by atoms with E-state index in [-0.39, 0.29) is 17.9 Å². The molecule has 1 aliphatic rings. The summed E-state index contributed by atoms with van der Waals surface area (Å²) in [7, 11) is 3.00. The Morgan fingerprint density at radius 1 is 1.00 bits per heavy atom. The molecular weight excluding hydrogens is 430 g/mol. The summed E-state index contributed by atoms with van der Waals surface area (Å²) in [6.45, 7) is 4.86. The average molecular weight is 460 g/mol. The highest BCUT2D eigenvalue weighted by atomic mass is 35.5. The molecule has 0 spiro atoms. The Bertz CT molecular complexity index is 931. The molecule has 1 N–H and O–H groups in total. The molecule has 32 heavy (non-hydrogen) atoms. The number of benzene rings is 2. The Balaban J connectivity index is 1.59. The molecule has 0 aliphatic carbocycles. The van der Waals surface area contributed by atoms with Crippen LogP contribution in [0.3, 0.4) is 0 Å². The van der Waals surface area contributed by atoms with E-state index in [1.54, 1.807) is 13.2 Å². The summed E-state index contributed by atoms with van der Waals surface area (Å²) in [6.07, 6.45) is 0. The number of nitrogens with one attached hydrogen (secondary N) is 1. The zero-order valence-corrected chi connectivity index (χ0v) is 19.5. The van der Waals surface area contributed by atoms with Gasteiger partial charge in [0.05, 0.1) is 20.3 Å². The van der Waals surface area contributed by atoms with E-state index in [0.717, 1.165) is 16.9 Å². The molecule has 1 amide bonds. The van der Waals surface area contributed by atoms with E-state index in [1.165, 1.54) is 7.11 Å². The number of rotatable bonds is 8. The Kier molecular flexibility index (Phi) is 8.50.